The molecule has 108 valence electrons. The SMILES string of the molecule is [2H]C([2H])([2H])Oc1ccc(C2CNC(=O)C2)cc1OC1CCCC1. The maximum Gasteiger partial charge on any atom is 0.220 e. The van der Waals surface area contributed by atoms with Gasteiger partial charge in [-0.05, 0) is 43.4 Å². The molecule has 0 spiro atoms. The van der Waals surface area contributed by atoms with Gasteiger partial charge in [0.25, 0.3) is 0 Å². The minimum atomic E-state index is -2.51. The number of amides is 1. The smallest absolute Gasteiger partial charge is 0.220 e. The van der Waals surface area contributed by atoms with Crippen LogP contribution in [0.15, 0.2) is 18.2 Å². The average Bonchev–Trinajstić information content (AvgIpc) is 3.11. The van der Waals surface area contributed by atoms with Gasteiger partial charge in [-0.25, -0.2) is 0 Å². The summed E-state index contributed by atoms with van der Waals surface area (Å²) in [5, 5.41) is 2.81. The van der Waals surface area contributed by atoms with Gasteiger partial charge in [-0.2, -0.15) is 0 Å². The van der Waals surface area contributed by atoms with Gasteiger partial charge in [-0.1, -0.05) is 6.07 Å². The van der Waals surface area contributed by atoms with Gasteiger partial charge in [-0.3, -0.25) is 4.79 Å². The molecule has 2 aliphatic rings. The summed E-state index contributed by atoms with van der Waals surface area (Å²) in [5.74, 6) is 0.828. The minimum absolute atomic E-state index is 0.0380. The van der Waals surface area contributed by atoms with E-state index in [1.54, 1.807) is 6.07 Å². The Morgan fingerprint density at radius 2 is 2.15 bits per heavy atom. The first kappa shape index (κ1) is 10.1. The predicted molar refractivity (Wildman–Crippen MR) is 76.2 cm³/mol. The summed E-state index contributed by atoms with van der Waals surface area (Å²) >= 11 is 0. The third-order valence-electron chi connectivity index (χ3n) is 4.12. The fourth-order valence-electron chi connectivity index (χ4n) is 2.98. The summed E-state index contributed by atoms with van der Waals surface area (Å²) in [7, 11) is -2.51. The molecular formula is C16H21NO3. The summed E-state index contributed by atoms with van der Waals surface area (Å²) in [6.07, 6.45) is 4.75. The lowest BCUT2D eigenvalue weighted by Gasteiger charge is -2.18. The maximum absolute atomic E-state index is 11.4. The van der Waals surface area contributed by atoms with E-state index in [0.717, 1.165) is 31.2 Å². The van der Waals surface area contributed by atoms with E-state index in [0.29, 0.717) is 18.7 Å². The number of benzene rings is 1. The molecule has 1 saturated carbocycles. The van der Waals surface area contributed by atoms with Crippen molar-refractivity contribution in [3.63, 3.8) is 0 Å². The Labute approximate surface area is 123 Å². The Hall–Kier alpha value is -1.71. The fourth-order valence-corrected chi connectivity index (χ4v) is 2.98. The lowest BCUT2D eigenvalue weighted by molar-refractivity contribution is -0.119. The molecule has 1 atom stereocenters. The van der Waals surface area contributed by atoms with Crippen LogP contribution in [0.5, 0.6) is 11.5 Å². The minimum Gasteiger partial charge on any atom is -0.493 e. The first-order chi connectivity index (χ1) is 10.9. The van der Waals surface area contributed by atoms with Crippen molar-refractivity contribution in [1.82, 2.24) is 5.32 Å². The maximum atomic E-state index is 11.4. The van der Waals surface area contributed by atoms with Crippen LogP contribution in [0.3, 0.4) is 0 Å². The molecule has 2 fully saturated rings. The molecule has 1 aliphatic carbocycles. The Kier molecular flexibility index (Phi) is 2.89. The van der Waals surface area contributed by atoms with E-state index in [9.17, 15) is 4.79 Å². The number of carbonyl (C=O) groups excluding carboxylic acids is 1. The summed E-state index contributed by atoms with van der Waals surface area (Å²) in [6, 6.07) is 5.27. The topological polar surface area (TPSA) is 47.6 Å². The molecule has 1 saturated heterocycles. The van der Waals surface area contributed by atoms with Gasteiger partial charge in [0.15, 0.2) is 11.5 Å². The van der Waals surface area contributed by atoms with Crippen molar-refractivity contribution < 1.29 is 18.4 Å². The molecule has 1 N–H and O–H groups in total. The van der Waals surface area contributed by atoms with Crippen molar-refractivity contribution in [2.24, 2.45) is 0 Å². The highest BCUT2D eigenvalue weighted by Gasteiger charge is 2.25. The molecule has 4 nitrogen and oxygen atoms in total. The number of ether oxygens (including phenoxy) is 2. The number of hydrogen-bond donors (Lipinski definition) is 1. The van der Waals surface area contributed by atoms with Gasteiger partial charge in [0.2, 0.25) is 5.91 Å². The van der Waals surface area contributed by atoms with Crippen LogP contribution >= 0.6 is 0 Å². The second-order valence-corrected chi connectivity index (χ2v) is 5.54. The third-order valence-corrected chi connectivity index (χ3v) is 4.12. The van der Waals surface area contributed by atoms with Crippen molar-refractivity contribution in [1.29, 1.82) is 0 Å². The lowest BCUT2D eigenvalue weighted by atomic mass is 9.98. The van der Waals surface area contributed by atoms with Crippen molar-refractivity contribution in [2.75, 3.05) is 13.6 Å². The Morgan fingerprint density at radius 3 is 2.85 bits per heavy atom. The van der Waals surface area contributed by atoms with Crippen LogP contribution in [0, 0.1) is 0 Å². The zero-order chi connectivity index (χ0) is 16.4. The first-order valence-corrected chi connectivity index (χ1v) is 7.17. The zero-order valence-electron chi connectivity index (χ0n) is 14.4. The van der Waals surface area contributed by atoms with Crippen LogP contribution in [0.25, 0.3) is 0 Å². The molecule has 0 radical (unpaired) electrons. The molecule has 0 aromatic heterocycles. The Balaban J connectivity index is 1.84. The molecule has 0 bridgehead atoms. The normalized spacial score (nSPS) is 25.7. The number of rotatable bonds is 4. The number of carbonyl (C=O) groups is 1. The second kappa shape index (κ2) is 5.73. The van der Waals surface area contributed by atoms with Gasteiger partial charge in [0.1, 0.15) is 0 Å². The first-order valence-electron chi connectivity index (χ1n) is 8.67. The molecule has 3 rings (SSSR count). The predicted octanol–water partition coefficient (Wildman–Crippen LogP) is 2.62. The zero-order valence-corrected chi connectivity index (χ0v) is 11.4. The number of hydrogen-bond acceptors (Lipinski definition) is 3. The average molecular weight is 278 g/mol. The summed E-state index contributed by atoms with van der Waals surface area (Å²) in [6.45, 7) is 0.598. The fraction of sp³-hybridized carbons (Fsp3) is 0.562. The largest absolute Gasteiger partial charge is 0.493 e. The quantitative estimate of drug-likeness (QED) is 0.921. The molecule has 4 heteroatoms. The van der Waals surface area contributed by atoms with Crippen LogP contribution in [0.2, 0.25) is 0 Å². The van der Waals surface area contributed by atoms with Crippen LogP contribution in [0.1, 0.15) is 47.7 Å². The molecule has 20 heavy (non-hydrogen) atoms. The highest BCUT2D eigenvalue weighted by molar-refractivity contribution is 5.79. The van der Waals surface area contributed by atoms with Crippen molar-refractivity contribution in [2.45, 2.75) is 44.1 Å². The molecule has 1 unspecified atom stereocenters. The molecule has 1 aromatic carbocycles. The van der Waals surface area contributed by atoms with Crippen molar-refractivity contribution >= 4 is 5.91 Å². The van der Waals surface area contributed by atoms with E-state index in [1.165, 1.54) is 0 Å². The van der Waals surface area contributed by atoms with Crippen LogP contribution < -0.4 is 14.8 Å². The van der Waals surface area contributed by atoms with E-state index < -0.39 is 7.04 Å². The Bertz CT molecular complexity index is 582. The molecular weight excluding hydrogens is 254 g/mol. The monoisotopic (exact) mass is 278 g/mol. The van der Waals surface area contributed by atoms with E-state index in [2.05, 4.69) is 5.32 Å². The molecule has 1 aliphatic heterocycles. The van der Waals surface area contributed by atoms with E-state index in [4.69, 9.17) is 13.6 Å². The summed E-state index contributed by atoms with van der Waals surface area (Å²) in [5.41, 5.74) is 0.967. The van der Waals surface area contributed by atoms with Crippen molar-refractivity contribution in [3.8, 4) is 11.5 Å². The highest BCUT2D eigenvalue weighted by Crippen LogP contribution is 2.35. The van der Waals surface area contributed by atoms with E-state index in [1.807, 2.05) is 12.1 Å². The van der Waals surface area contributed by atoms with Gasteiger partial charge in [0.05, 0.1) is 17.3 Å². The standard InChI is InChI=1S/C16H21NO3/c1-19-14-7-6-11(12-9-16(18)17-10-12)8-15(14)20-13-4-2-3-5-13/h6-8,12-13H,2-5,9-10H2,1H3,(H,17,18)/i1D3. The highest BCUT2D eigenvalue weighted by atomic mass is 16.5. The third kappa shape index (κ3) is 2.74. The van der Waals surface area contributed by atoms with Gasteiger partial charge in [-0.15, -0.1) is 0 Å². The van der Waals surface area contributed by atoms with Gasteiger partial charge >= 0.3 is 0 Å². The lowest BCUT2D eigenvalue weighted by Crippen LogP contribution is -2.14. The Morgan fingerprint density at radius 1 is 1.30 bits per heavy atom. The second-order valence-electron chi connectivity index (χ2n) is 5.54. The van der Waals surface area contributed by atoms with Crippen LogP contribution in [-0.4, -0.2) is 25.6 Å². The van der Waals surface area contributed by atoms with Gasteiger partial charge < -0.3 is 14.8 Å². The van der Waals surface area contributed by atoms with E-state index >= 15 is 0 Å². The van der Waals surface area contributed by atoms with Crippen LogP contribution in [0.4, 0.5) is 0 Å². The van der Waals surface area contributed by atoms with Crippen molar-refractivity contribution in [3.05, 3.63) is 23.8 Å². The van der Waals surface area contributed by atoms with Gasteiger partial charge in [0, 0.05) is 18.9 Å². The van der Waals surface area contributed by atoms with Crippen LogP contribution in [-0.2, 0) is 4.79 Å². The molecule has 1 heterocycles. The molecule has 1 aromatic rings. The summed E-state index contributed by atoms with van der Waals surface area (Å²) < 4.78 is 33.0. The van der Waals surface area contributed by atoms with E-state index in [-0.39, 0.29) is 23.7 Å². The summed E-state index contributed by atoms with van der Waals surface area (Å²) in [4.78, 5) is 11.4. The molecule has 1 amide bonds. The number of nitrogens with one attached hydrogen (secondary N) is 1. The number of methoxy groups -OCH3 is 1.